The Morgan fingerprint density at radius 2 is 1.78 bits per heavy atom. The minimum atomic E-state index is -0.507. The van der Waals surface area contributed by atoms with E-state index in [9.17, 15) is 8.78 Å². The van der Waals surface area contributed by atoms with Crippen molar-refractivity contribution in [2.45, 2.75) is 6.54 Å². The van der Waals surface area contributed by atoms with Gasteiger partial charge in [0.15, 0.2) is 0 Å². The van der Waals surface area contributed by atoms with Gasteiger partial charge in [0.2, 0.25) is 0 Å². The number of hydrogen-bond acceptors (Lipinski definition) is 1. The van der Waals surface area contributed by atoms with E-state index in [2.05, 4.69) is 5.32 Å². The molecule has 0 saturated carbocycles. The summed E-state index contributed by atoms with van der Waals surface area (Å²) in [6.07, 6.45) is 0. The van der Waals surface area contributed by atoms with E-state index >= 15 is 0 Å². The zero-order valence-electron chi connectivity index (χ0n) is 9.81. The van der Waals surface area contributed by atoms with Crippen molar-refractivity contribution in [2.24, 2.45) is 0 Å². The molecule has 0 amide bonds. The largest absolute Gasteiger partial charge is 0.316 e. The highest BCUT2D eigenvalue weighted by atomic mass is 35.5. The van der Waals surface area contributed by atoms with Gasteiger partial charge in [-0.1, -0.05) is 23.7 Å². The quantitative estimate of drug-likeness (QED) is 0.886. The second-order valence-corrected chi connectivity index (χ2v) is 4.38. The molecule has 0 unspecified atom stereocenters. The lowest BCUT2D eigenvalue weighted by atomic mass is 10.0. The fourth-order valence-electron chi connectivity index (χ4n) is 1.77. The molecule has 1 N–H and O–H groups in total. The van der Waals surface area contributed by atoms with Gasteiger partial charge < -0.3 is 5.32 Å². The van der Waals surface area contributed by atoms with Crippen molar-refractivity contribution in [1.29, 1.82) is 0 Å². The van der Waals surface area contributed by atoms with Crippen LogP contribution in [0.1, 0.15) is 5.56 Å². The number of hydrogen-bond donors (Lipinski definition) is 1. The van der Waals surface area contributed by atoms with Crippen molar-refractivity contribution in [2.75, 3.05) is 7.05 Å². The monoisotopic (exact) mass is 267 g/mol. The van der Waals surface area contributed by atoms with Crippen LogP contribution in [0.4, 0.5) is 8.78 Å². The summed E-state index contributed by atoms with van der Waals surface area (Å²) in [5, 5.41) is 2.99. The Morgan fingerprint density at radius 1 is 1.06 bits per heavy atom. The highest BCUT2D eigenvalue weighted by Crippen LogP contribution is 2.27. The van der Waals surface area contributed by atoms with Crippen LogP contribution < -0.4 is 5.32 Å². The highest BCUT2D eigenvalue weighted by molar-refractivity contribution is 6.31. The zero-order valence-corrected chi connectivity index (χ0v) is 10.6. The topological polar surface area (TPSA) is 12.0 Å². The predicted octanol–water partition coefficient (Wildman–Crippen LogP) is 4.00. The van der Waals surface area contributed by atoms with Crippen molar-refractivity contribution in [1.82, 2.24) is 5.32 Å². The van der Waals surface area contributed by atoms with Gasteiger partial charge in [-0.25, -0.2) is 8.78 Å². The van der Waals surface area contributed by atoms with Crippen molar-refractivity contribution in [3.63, 3.8) is 0 Å². The maximum Gasteiger partial charge on any atom is 0.141 e. The van der Waals surface area contributed by atoms with Crippen molar-refractivity contribution < 1.29 is 8.78 Å². The van der Waals surface area contributed by atoms with Gasteiger partial charge in [-0.3, -0.25) is 0 Å². The van der Waals surface area contributed by atoms with E-state index in [1.807, 2.05) is 7.05 Å². The third kappa shape index (κ3) is 2.68. The lowest BCUT2D eigenvalue weighted by Crippen LogP contribution is -2.05. The summed E-state index contributed by atoms with van der Waals surface area (Å²) in [5.41, 5.74) is 1.94. The van der Waals surface area contributed by atoms with E-state index < -0.39 is 5.82 Å². The summed E-state index contributed by atoms with van der Waals surface area (Å²) in [6.45, 7) is 0.641. The first kappa shape index (κ1) is 13.0. The molecule has 0 aromatic heterocycles. The van der Waals surface area contributed by atoms with Gasteiger partial charge in [0.1, 0.15) is 11.6 Å². The molecule has 0 saturated heterocycles. The molecule has 0 bridgehead atoms. The average Bonchev–Trinajstić information content (AvgIpc) is 2.35. The van der Waals surface area contributed by atoms with Gasteiger partial charge in [0.05, 0.1) is 5.02 Å². The molecule has 0 aliphatic rings. The van der Waals surface area contributed by atoms with E-state index in [4.69, 9.17) is 11.6 Å². The third-order valence-electron chi connectivity index (χ3n) is 2.64. The number of halogens is 3. The predicted molar refractivity (Wildman–Crippen MR) is 69.6 cm³/mol. The third-order valence-corrected chi connectivity index (χ3v) is 2.93. The van der Waals surface area contributed by atoms with Gasteiger partial charge in [0, 0.05) is 12.1 Å². The molecule has 2 aromatic carbocycles. The molecule has 2 aromatic rings. The number of rotatable bonds is 3. The Kier molecular flexibility index (Phi) is 3.94. The van der Waals surface area contributed by atoms with Crippen LogP contribution in [0.2, 0.25) is 5.02 Å². The van der Waals surface area contributed by atoms with Crippen LogP contribution in [0.15, 0.2) is 36.4 Å². The fraction of sp³-hybridized carbons (Fsp3) is 0.143. The maximum absolute atomic E-state index is 13.8. The maximum atomic E-state index is 13.8. The van der Waals surface area contributed by atoms with Gasteiger partial charge in [0.25, 0.3) is 0 Å². The van der Waals surface area contributed by atoms with E-state index in [0.29, 0.717) is 17.7 Å². The van der Waals surface area contributed by atoms with Crippen LogP contribution in [-0.2, 0) is 6.54 Å². The molecule has 18 heavy (non-hydrogen) atoms. The Labute approximate surface area is 109 Å². The van der Waals surface area contributed by atoms with Crippen LogP contribution in [0, 0.1) is 11.6 Å². The molecule has 0 spiro atoms. The average molecular weight is 268 g/mol. The van der Waals surface area contributed by atoms with Crippen LogP contribution in [-0.4, -0.2) is 7.05 Å². The first-order valence-electron chi connectivity index (χ1n) is 5.50. The number of nitrogens with one attached hydrogen (secondary N) is 1. The normalized spacial score (nSPS) is 10.7. The highest BCUT2D eigenvalue weighted by Gasteiger charge is 2.08. The van der Waals surface area contributed by atoms with E-state index in [0.717, 1.165) is 5.56 Å². The summed E-state index contributed by atoms with van der Waals surface area (Å²) in [6, 6.07) is 9.03. The van der Waals surface area contributed by atoms with Crippen LogP contribution in [0.3, 0.4) is 0 Å². The van der Waals surface area contributed by atoms with Gasteiger partial charge in [-0.15, -0.1) is 0 Å². The van der Waals surface area contributed by atoms with Gasteiger partial charge in [-0.2, -0.15) is 0 Å². The molecule has 0 fully saturated rings. The Hall–Kier alpha value is -1.45. The Balaban J connectivity index is 2.48. The van der Waals surface area contributed by atoms with Crippen LogP contribution in [0.25, 0.3) is 11.1 Å². The molecular weight excluding hydrogens is 256 g/mol. The molecule has 0 radical (unpaired) electrons. The van der Waals surface area contributed by atoms with Crippen molar-refractivity contribution >= 4 is 11.6 Å². The van der Waals surface area contributed by atoms with Crippen molar-refractivity contribution in [3.8, 4) is 11.1 Å². The SMILES string of the molecule is CNCc1ccc(F)c(-c2ccc(F)c(Cl)c2)c1. The second kappa shape index (κ2) is 5.46. The molecule has 0 aliphatic heterocycles. The summed E-state index contributed by atoms with van der Waals surface area (Å²) < 4.78 is 26.8. The zero-order chi connectivity index (χ0) is 13.1. The van der Waals surface area contributed by atoms with Crippen LogP contribution >= 0.6 is 11.6 Å². The first-order chi connectivity index (χ1) is 8.61. The van der Waals surface area contributed by atoms with Crippen molar-refractivity contribution in [3.05, 3.63) is 58.6 Å². The van der Waals surface area contributed by atoms with Crippen LogP contribution in [0.5, 0.6) is 0 Å². The second-order valence-electron chi connectivity index (χ2n) is 3.97. The molecule has 4 heteroatoms. The smallest absolute Gasteiger partial charge is 0.141 e. The lowest BCUT2D eigenvalue weighted by molar-refractivity contribution is 0.625. The van der Waals surface area contributed by atoms with E-state index in [1.54, 1.807) is 12.1 Å². The Morgan fingerprint density at radius 3 is 2.44 bits per heavy atom. The molecule has 94 valence electrons. The molecule has 0 aliphatic carbocycles. The van der Waals surface area contributed by atoms with Gasteiger partial charge in [-0.05, 0) is 42.4 Å². The molecule has 1 nitrogen and oxygen atoms in total. The summed E-state index contributed by atoms with van der Waals surface area (Å²) in [4.78, 5) is 0. The molecule has 0 atom stereocenters. The molecule has 0 heterocycles. The minimum Gasteiger partial charge on any atom is -0.316 e. The van der Waals surface area contributed by atoms with E-state index in [-0.39, 0.29) is 10.8 Å². The fourth-order valence-corrected chi connectivity index (χ4v) is 1.95. The summed E-state index contributed by atoms with van der Waals surface area (Å²) in [5.74, 6) is -0.857. The number of benzene rings is 2. The minimum absolute atomic E-state index is 0.00841. The summed E-state index contributed by atoms with van der Waals surface area (Å²) in [7, 11) is 1.82. The molecule has 2 rings (SSSR count). The van der Waals surface area contributed by atoms with E-state index in [1.165, 1.54) is 24.3 Å². The molecular formula is C14H12ClF2N. The standard InChI is InChI=1S/C14H12ClF2N/c1-18-8-9-2-4-13(16)11(6-9)10-3-5-14(17)12(15)7-10/h2-7,18H,8H2,1H3. The summed E-state index contributed by atoms with van der Waals surface area (Å²) >= 11 is 5.71. The first-order valence-corrected chi connectivity index (χ1v) is 5.88. The van der Waals surface area contributed by atoms with Gasteiger partial charge >= 0.3 is 0 Å². The Bertz CT molecular complexity index is 570. The lowest BCUT2D eigenvalue weighted by Gasteiger charge is -2.07.